The Hall–Kier alpha value is -4.30. The molecule has 0 unspecified atom stereocenters. The van der Waals surface area contributed by atoms with E-state index in [2.05, 4.69) is 122 Å². The van der Waals surface area contributed by atoms with Gasteiger partial charge in [-0.2, -0.15) is 0 Å². The van der Waals surface area contributed by atoms with Gasteiger partial charge in [-0.25, -0.2) is 0 Å². The fourth-order valence-corrected chi connectivity index (χ4v) is 11.8. The van der Waals surface area contributed by atoms with Gasteiger partial charge in [0.15, 0.2) is 0 Å². The fourth-order valence-electron chi connectivity index (χ4n) is 11.8. The van der Waals surface area contributed by atoms with Crippen molar-refractivity contribution in [1.82, 2.24) is 4.57 Å². The summed E-state index contributed by atoms with van der Waals surface area (Å²) in [4.78, 5) is 0. The van der Waals surface area contributed by atoms with Crippen molar-refractivity contribution in [2.75, 3.05) is 0 Å². The predicted molar refractivity (Wildman–Crippen MR) is 218 cm³/mol. The molecule has 0 saturated heterocycles. The second kappa shape index (κ2) is 11.1. The molecule has 5 aromatic carbocycles. The van der Waals surface area contributed by atoms with Gasteiger partial charge in [0.25, 0.3) is 0 Å². The SMILES string of the molecule is CC(C)(C)c1cc(-c2cccc(-n3c4ccccc4c4ccccc43)c2)cc2c1oc1c(C34CCC(CC3)CC4)cc(C34CCC(CC3)CC4)cc12. The molecule has 6 saturated carbocycles. The topological polar surface area (TPSA) is 18.1 Å². The minimum atomic E-state index is -0.0722. The van der Waals surface area contributed by atoms with E-state index >= 15 is 0 Å². The third-order valence-electron chi connectivity index (χ3n) is 14.9. The molecule has 6 fully saturated rings. The van der Waals surface area contributed by atoms with Crippen LogP contribution in [0, 0.1) is 11.8 Å². The molecular formula is C50H51NO. The first-order valence-corrected chi connectivity index (χ1v) is 20.4. The molecule has 0 N–H and O–H groups in total. The zero-order chi connectivity index (χ0) is 34.8. The lowest BCUT2D eigenvalue weighted by Gasteiger charge is -2.49. The van der Waals surface area contributed by atoms with Crippen LogP contribution in [0.3, 0.4) is 0 Å². The first-order valence-electron chi connectivity index (χ1n) is 20.4. The minimum Gasteiger partial charge on any atom is -0.455 e. The van der Waals surface area contributed by atoms with Crippen molar-refractivity contribution in [3.8, 4) is 16.8 Å². The fraction of sp³-hybridized carbons (Fsp3) is 0.400. The standard InChI is InChI=1S/C50H51NO/c1-48(2,3)42-29-35(34-9-8-10-37(27-34)51-44-13-6-4-11-38(44)39-12-5-7-14-45(39)51)28-40-41-30-36(49-21-15-32(16-22-49)17-23-49)31-43(47(41)52-46(40)42)50-24-18-33(19-25-50)20-26-50/h4-14,27-33H,15-26H2,1-3H3. The van der Waals surface area contributed by atoms with E-state index in [1.54, 1.807) is 11.1 Å². The van der Waals surface area contributed by atoms with Crippen molar-refractivity contribution in [1.29, 1.82) is 0 Å². The number of aromatic nitrogens is 1. The van der Waals surface area contributed by atoms with Crippen molar-refractivity contribution in [2.24, 2.45) is 11.8 Å². The zero-order valence-electron chi connectivity index (χ0n) is 31.2. The van der Waals surface area contributed by atoms with Gasteiger partial charge in [-0.15, -0.1) is 0 Å². The molecule has 0 spiro atoms. The summed E-state index contributed by atoms with van der Waals surface area (Å²) in [7, 11) is 0. The lowest BCUT2D eigenvalue weighted by molar-refractivity contribution is 0.131. The van der Waals surface area contributed by atoms with Crippen LogP contribution in [-0.2, 0) is 16.2 Å². The van der Waals surface area contributed by atoms with Crippen LogP contribution in [0.15, 0.2) is 101 Å². The van der Waals surface area contributed by atoms with Crippen LogP contribution < -0.4 is 0 Å². The lowest BCUT2D eigenvalue weighted by atomic mass is 9.55. The summed E-state index contributed by atoms with van der Waals surface area (Å²) in [5.74, 6) is 1.90. The molecule has 52 heavy (non-hydrogen) atoms. The Morgan fingerprint density at radius 3 is 1.73 bits per heavy atom. The highest BCUT2D eigenvalue weighted by Crippen LogP contribution is 2.57. The molecule has 262 valence electrons. The van der Waals surface area contributed by atoms with Crippen LogP contribution in [-0.4, -0.2) is 4.57 Å². The Morgan fingerprint density at radius 2 is 1.12 bits per heavy atom. The van der Waals surface area contributed by atoms with Crippen LogP contribution in [0.25, 0.3) is 60.6 Å². The molecule has 0 radical (unpaired) electrons. The second-order valence-electron chi connectivity index (χ2n) is 18.6. The Bertz CT molecular complexity index is 2450. The summed E-state index contributed by atoms with van der Waals surface area (Å²) >= 11 is 0. The monoisotopic (exact) mass is 681 g/mol. The Kier molecular flexibility index (Phi) is 6.68. The third-order valence-corrected chi connectivity index (χ3v) is 14.9. The highest BCUT2D eigenvalue weighted by molar-refractivity contribution is 6.10. The Morgan fingerprint density at radius 1 is 0.538 bits per heavy atom. The number of furan rings is 1. The van der Waals surface area contributed by atoms with Gasteiger partial charge in [-0.1, -0.05) is 75.4 Å². The molecule has 7 aromatic rings. The van der Waals surface area contributed by atoms with Crippen LogP contribution in [0.1, 0.15) is 115 Å². The smallest absolute Gasteiger partial charge is 0.139 e. The normalized spacial score (nSPS) is 26.0. The average molecular weight is 682 g/mol. The summed E-state index contributed by atoms with van der Waals surface area (Å²) in [6, 6.07) is 37.2. The molecule has 0 aliphatic heterocycles. The van der Waals surface area contributed by atoms with E-state index in [0.717, 1.165) is 17.4 Å². The van der Waals surface area contributed by atoms with Crippen LogP contribution in [0.5, 0.6) is 0 Å². The lowest BCUT2D eigenvalue weighted by Crippen LogP contribution is -2.40. The molecule has 2 nitrogen and oxygen atoms in total. The molecule has 2 aromatic heterocycles. The molecule has 6 aliphatic rings. The minimum absolute atomic E-state index is 0.0722. The van der Waals surface area contributed by atoms with Gasteiger partial charge < -0.3 is 8.98 Å². The molecule has 6 aliphatic carbocycles. The van der Waals surface area contributed by atoms with E-state index in [4.69, 9.17) is 4.42 Å². The van der Waals surface area contributed by atoms with Crippen LogP contribution in [0.2, 0.25) is 0 Å². The zero-order valence-corrected chi connectivity index (χ0v) is 31.2. The second-order valence-corrected chi connectivity index (χ2v) is 18.6. The summed E-state index contributed by atoms with van der Waals surface area (Å²) in [5, 5.41) is 5.28. The molecule has 2 heterocycles. The van der Waals surface area contributed by atoms with E-state index in [0.29, 0.717) is 5.41 Å². The van der Waals surface area contributed by atoms with Gasteiger partial charge in [-0.05, 0) is 164 Å². The molecule has 13 rings (SSSR count). The molecular weight excluding hydrogens is 631 g/mol. The van der Waals surface area contributed by atoms with Crippen LogP contribution in [0.4, 0.5) is 0 Å². The third kappa shape index (κ3) is 4.55. The summed E-state index contributed by atoms with van der Waals surface area (Å²) in [5.41, 5.74) is 13.6. The quantitative estimate of drug-likeness (QED) is 0.181. The number of rotatable bonds is 4. The highest BCUT2D eigenvalue weighted by atomic mass is 16.3. The van der Waals surface area contributed by atoms with E-state index < -0.39 is 0 Å². The summed E-state index contributed by atoms with van der Waals surface area (Å²) < 4.78 is 9.77. The maximum Gasteiger partial charge on any atom is 0.139 e. The van der Waals surface area contributed by atoms with E-state index in [1.165, 1.54) is 138 Å². The van der Waals surface area contributed by atoms with E-state index in [1.807, 2.05) is 0 Å². The molecule has 2 heteroatoms. The molecule has 0 amide bonds. The molecule has 0 atom stereocenters. The highest BCUT2D eigenvalue weighted by Gasteiger charge is 2.46. The van der Waals surface area contributed by atoms with Gasteiger partial charge in [0.2, 0.25) is 0 Å². The number of hydrogen-bond donors (Lipinski definition) is 0. The van der Waals surface area contributed by atoms with Gasteiger partial charge in [0.05, 0.1) is 11.0 Å². The van der Waals surface area contributed by atoms with Gasteiger partial charge in [0, 0.05) is 38.4 Å². The Labute approximate surface area is 308 Å². The van der Waals surface area contributed by atoms with Crippen molar-refractivity contribution in [3.05, 3.63) is 114 Å². The maximum atomic E-state index is 7.32. The Balaban J connectivity index is 1.15. The van der Waals surface area contributed by atoms with Gasteiger partial charge in [-0.3, -0.25) is 0 Å². The average Bonchev–Trinajstić information content (AvgIpc) is 3.74. The van der Waals surface area contributed by atoms with Crippen molar-refractivity contribution in [2.45, 2.75) is 114 Å². The van der Waals surface area contributed by atoms with Gasteiger partial charge in [0.1, 0.15) is 11.2 Å². The van der Waals surface area contributed by atoms with Crippen LogP contribution >= 0.6 is 0 Å². The predicted octanol–water partition coefficient (Wildman–Crippen LogP) is 14.1. The number of benzene rings is 5. The largest absolute Gasteiger partial charge is 0.455 e. The van der Waals surface area contributed by atoms with Crippen molar-refractivity contribution in [3.63, 3.8) is 0 Å². The van der Waals surface area contributed by atoms with E-state index in [-0.39, 0.29) is 10.8 Å². The number of para-hydroxylation sites is 2. The number of fused-ring (bicyclic) bond motifs is 12. The number of nitrogens with zero attached hydrogens (tertiary/aromatic N) is 1. The molecule has 4 bridgehead atoms. The van der Waals surface area contributed by atoms with Gasteiger partial charge >= 0.3 is 0 Å². The first-order chi connectivity index (χ1) is 25.3. The maximum absolute atomic E-state index is 7.32. The van der Waals surface area contributed by atoms with Crippen molar-refractivity contribution >= 4 is 43.7 Å². The van der Waals surface area contributed by atoms with E-state index in [9.17, 15) is 0 Å². The summed E-state index contributed by atoms with van der Waals surface area (Å²) in [6.07, 6.45) is 16.5. The van der Waals surface area contributed by atoms with Crippen molar-refractivity contribution < 1.29 is 4.42 Å². The number of hydrogen-bond acceptors (Lipinski definition) is 1. The summed E-state index contributed by atoms with van der Waals surface area (Å²) in [6.45, 7) is 7.08. The first kappa shape index (κ1) is 31.2.